The van der Waals surface area contributed by atoms with Crippen LogP contribution in [0.5, 0.6) is 0 Å². The molecule has 0 aliphatic rings. The van der Waals surface area contributed by atoms with E-state index in [4.69, 9.17) is 0 Å². The average molecular weight is 145 g/mol. The molecule has 0 bridgehead atoms. The number of hydrogen-bond acceptors (Lipinski definition) is 1. The molecule has 0 aromatic heterocycles. The lowest BCUT2D eigenvalue weighted by Crippen LogP contribution is -2.30. The van der Waals surface area contributed by atoms with Crippen LogP contribution in [0.3, 0.4) is 0 Å². The van der Waals surface area contributed by atoms with Gasteiger partial charge in [-0.3, -0.25) is 4.79 Å². The number of carbonyl (C=O) groups excluding carboxylic acids is 1. The molecule has 1 amide bonds. The smallest absolute Gasteiger partial charge is 0.217 e. The topological polar surface area (TPSA) is 29.1 Å². The maximum absolute atomic E-state index is 10.8. The second kappa shape index (κ2) is 3.01. The van der Waals surface area contributed by atoms with Gasteiger partial charge in [-0.25, -0.2) is 0 Å². The monoisotopic (exact) mass is 145 g/mol. The minimum atomic E-state index is -1.15. The van der Waals surface area contributed by atoms with E-state index in [1.165, 1.54) is 0 Å². The van der Waals surface area contributed by atoms with Crippen molar-refractivity contribution in [1.29, 1.82) is 0 Å². The van der Waals surface area contributed by atoms with Crippen molar-refractivity contribution in [3.63, 3.8) is 0 Å². The molecular weight excluding hydrogens is 130 g/mol. The zero-order chi connectivity index (χ0) is 7.49. The lowest BCUT2D eigenvalue weighted by Gasteiger charge is -2.13. The minimum Gasteiger partial charge on any atom is -0.359 e. The number of amides is 1. The second-order valence-electron chi connectivity index (χ2n) is 3.41. The molecule has 1 N–H and O–H groups in total. The minimum absolute atomic E-state index is 0.175. The molecule has 0 spiro atoms. The van der Waals surface area contributed by atoms with Crippen molar-refractivity contribution in [1.82, 2.24) is 5.32 Å². The van der Waals surface area contributed by atoms with Crippen LogP contribution in [-0.4, -0.2) is 21.0 Å². The lowest BCUT2D eigenvalue weighted by atomic mass is 10.7. The first-order valence-corrected chi connectivity index (χ1v) is 6.87. The van der Waals surface area contributed by atoms with Gasteiger partial charge in [0, 0.05) is 13.1 Å². The van der Waals surface area contributed by atoms with E-state index in [1.54, 1.807) is 7.05 Å². The predicted molar refractivity (Wildman–Crippen MR) is 42.2 cm³/mol. The summed E-state index contributed by atoms with van der Waals surface area (Å²) in [6, 6.07) is 0.740. The van der Waals surface area contributed by atoms with Crippen LogP contribution in [0.4, 0.5) is 0 Å². The van der Waals surface area contributed by atoms with Crippen LogP contribution in [0.2, 0.25) is 25.7 Å². The fraction of sp³-hybridized carbons (Fsp3) is 0.833. The van der Waals surface area contributed by atoms with E-state index < -0.39 is 8.07 Å². The van der Waals surface area contributed by atoms with Crippen LogP contribution < -0.4 is 5.32 Å². The van der Waals surface area contributed by atoms with Gasteiger partial charge in [0.25, 0.3) is 0 Å². The zero-order valence-electron chi connectivity index (χ0n) is 6.62. The second-order valence-corrected chi connectivity index (χ2v) is 8.89. The summed E-state index contributed by atoms with van der Waals surface area (Å²) in [5.41, 5.74) is 0. The van der Waals surface area contributed by atoms with Gasteiger partial charge in [0.05, 0.1) is 8.07 Å². The molecule has 0 saturated carbocycles. The zero-order valence-corrected chi connectivity index (χ0v) is 7.62. The lowest BCUT2D eigenvalue weighted by molar-refractivity contribution is -0.118. The fourth-order valence-electron chi connectivity index (χ4n) is 0.570. The highest BCUT2D eigenvalue weighted by Gasteiger charge is 2.16. The number of carbonyl (C=O) groups is 1. The number of rotatable bonds is 2. The van der Waals surface area contributed by atoms with Crippen LogP contribution in [0.15, 0.2) is 0 Å². The Morgan fingerprint density at radius 1 is 1.44 bits per heavy atom. The van der Waals surface area contributed by atoms with E-state index in [2.05, 4.69) is 25.0 Å². The van der Waals surface area contributed by atoms with E-state index in [0.29, 0.717) is 0 Å². The first-order chi connectivity index (χ1) is 3.95. The highest BCUT2D eigenvalue weighted by atomic mass is 28.3. The Bertz CT molecular complexity index is 106. The van der Waals surface area contributed by atoms with Gasteiger partial charge in [0.15, 0.2) is 0 Å². The summed E-state index contributed by atoms with van der Waals surface area (Å²) in [5.74, 6) is 0.175. The van der Waals surface area contributed by atoms with Gasteiger partial charge in [-0.05, 0) is 0 Å². The van der Waals surface area contributed by atoms with E-state index in [9.17, 15) is 4.79 Å². The predicted octanol–water partition coefficient (Wildman–Crippen LogP) is 1.07. The van der Waals surface area contributed by atoms with Crippen molar-refractivity contribution in [2.75, 3.05) is 7.05 Å². The largest absolute Gasteiger partial charge is 0.359 e. The quantitative estimate of drug-likeness (QED) is 0.579. The van der Waals surface area contributed by atoms with Crippen LogP contribution >= 0.6 is 0 Å². The van der Waals surface area contributed by atoms with Crippen molar-refractivity contribution < 1.29 is 4.79 Å². The fourth-order valence-corrected chi connectivity index (χ4v) is 1.71. The number of nitrogens with one attached hydrogen (secondary N) is 1. The number of hydrogen-bond donors (Lipinski definition) is 1. The summed E-state index contributed by atoms with van der Waals surface area (Å²) in [4.78, 5) is 10.8. The van der Waals surface area contributed by atoms with Crippen LogP contribution in [0, 0.1) is 0 Å². The van der Waals surface area contributed by atoms with Gasteiger partial charge in [0.2, 0.25) is 5.91 Å². The van der Waals surface area contributed by atoms with Gasteiger partial charge in [-0.2, -0.15) is 0 Å². The van der Waals surface area contributed by atoms with Gasteiger partial charge in [0.1, 0.15) is 0 Å². The standard InChI is InChI=1S/C6H15NOSi/c1-7-6(8)5-9(2,3)4/h5H2,1-4H3,(H,7,8). The average Bonchev–Trinajstić information content (AvgIpc) is 1.62. The highest BCUT2D eigenvalue weighted by Crippen LogP contribution is 2.06. The Labute approximate surface area is 57.7 Å². The Kier molecular flexibility index (Phi) is 2.90. The Morgan fingerprint density at radius 2 is 1.89 bits per heavy atom. The van der Waals surface area contributed by atoms with Gasteiger partial charge in [-0.1, -0.05) is 19.6 Å². The molecule has 3 heteroatoms. The van der Waals surface area contributed by atoms with Crippen LogP contribution in [0.25, 0.3) is 0 Å². The molecule has 0 fully saturated rings. The highest BCUT2D eigenvalue weighted by molar-refractivity contribution is 6.78. The molecule has 0 aliphatic heterocycles. The molecule has 0 aliphatic carbocycles. The molecule has 0 atom stereocenters. The van der Waals surface area contributed by atoms with E-state index in [0.717, 1.165) is 6.04 Å². The third-order valence-electron chi connectivity index (χ3n) is 0.970. The van der Waals surface area contributed by atoms with E-state index >= 15 is 0 Å². The Morgan fingerprint density at radius 3 is 2.00 bits per heavy atom. The summed E-state index contributed by atoms with van der Waals surface area (Å²) in [7, 11) is 0.530. The first-order valence-electron chi connectivity index (χ1n) is 3.16. The summed E-state index contributed by atoms with van der Waals surface area (Å²) in [5, 5.41) is 2.62. The third kappa shape index (κ3) is 5.56. The maximum atomic E-state index is 10.8. The van der Waals surface area contributed by atoms with E-state index in [1.807, 2.05) is 0 Å². The van der Waals surface area contributed by atoms with E-state index in [-0.39, 0.29) is 5.91 Å². The Hall–Kier alpha value is -0.313. The summed E-state index contributed by atoms with van der Waals surface area (Å²) < 4.78 is 0. The molecule has 2 nitrogen and oxygen atoms in total. The summed E-state index contributed by atoms with van der Waals surface area (Å²) in [6.45, 7) is 6.55. The van der Waals surface area contributed by atoms with Crippen LogP contribution in [-0.2, 0) is 4.79 Å². The van der Waals surface area contributed by atoms with Gasteiger partial charge >= 0.3 is 0 Å². The molecule has 0 saturated heterocycles. The van der Waals surface area contributed by atoms with Crippen molar-refractivity contribution in [3.05, 3.63) is 0 Å². The van der Waals surface area contributed by atoms with Crippen molar-refractivity contribution in [2.24, 2.45) is 0 Å². The van der Waals surface area contributed by atoms with Gasteiger partial charge in [-0.15, -0.1) is 0 Å². The summed E-state index contributed by atoms with van der Waals surface area (Å²) >= 11 is 0. The first kappa shape index (κ1) is 8.69. The normalized spacial score (nSPS) is 11.1. The van der Waals surface area contributed by atoms with Crippen molar-refractivity contribution in [2.45, 2.75) is 25.7 Å². The van der Waals surface area contributed by atoms with Gasteiger partial charge < -0.3 is 5.32 Å². The molecule has 0 radical (unpaired) electrons. The summed E-state index contributed by atoms with van der Waals surface area (Å²) in [6.07, 6.45) is 0. The molecule has 0 aromatic rings. The molecule has 0 aromatic carbocycles. The molecule has 0 unspecified atom stereocenters. The molecule has 54 valence electrons. The third-order valence-corrected chi connectivity index (χ3v) is 2.35. The molecule has 9 heavy (non-hydrogen) atoms. The molecular formula is C6H15NOSi. The molecule has 0 rings (SSSR count). The van der Waals surface area contributed by atoms with Crippen molar-refractivity contribution in [3.8, 4) is 0 Å². The maximum Gasteiger partial charge on any atom is 0.217 e. The van der Waals surface area contributed by atoms with Crippen molar-refractivity contribution >= 4 is 14.0 Å². The SMILES string of the molecule is CNC(=O)C[Si](C)(C)C. The molecule has 0 heterocycles. The van der Waals surface area contributed by atoms with Crippen LogP contribution in [0.1, 0.15) is 0 Å². The Balaban J connectivity index is 3.60.